The van der Waals surface area contributed by atoms with Gasteiger partial charge in [-0.3, -0.25) is 49.1 Å². The van der Waals surface area contributed by atoms with Gasteiger partial charge in [0, 0.05) is 12.1 Å². The van der Waals surface area contributed by atoms with Crippen LogP contribution >= 0.6 is 0 Å². The van der Waals surface area contributed by atoms with E-state index in [-0.39, 0.29) is 51.0 Å². The van der Waals surface area contributed by atoms with Crippen molar-refractivity contribution in [1.29, 1.82) is 0 Å². The Kier molecular flexibility index (Phi) is 6.29. The molecular formula is C25H20N10O10. The fraction of sp³-hybridized carbons (Fsp3) is 0.240. The van der Waals surface area contributed by atoms with Crippen LogP contribution < -0.4 is 27.4 Å². The predicted molar refractivity (Wildman–Crippen MR) is 150 cm³/mol. The Hall–Kier alpha value is -5.83. The average Bonchev–Trinajstić information content (AvgIpc) is 3.56. The number of nitro groups is 1. The number of H-pyrrole nitrogens is 4. The van der Waals surface area contributed by atoms with Gasteiger partial charge in [-0.25, -0.2) is 24.5 Å². The van der Waals surface area contributed by atoms with Crippen molar-refractivity contribution in [1.82, 2.24) is 39.5 Å². The SMILES string of the molecule is O=c1[nH]c2c(c(=O)[nH]1)C(c1ccc([N+](=O)[O-])cc1)c1c([nH]c(=O)[nH]c1=O)N2c1ncnc2c1ncn2[C@@H]1O[C@H](CO)[C@@H](O)[C@H]1O. The summed E-state index contributed by atoms with van der Waals surface area (Å²) in [6, 6.07) is 5.04. The highest BCUT2D eigenvalue weighted by molar-refractivity contribution is 5.92. The minimum absolute atomic E-state index is 0.0109. The average molecular weight is 620 g/mol. The maximum atomic E-state index is 13.4. The molecule has 7 rings (SSSR count). The normalized spacial score (nSPS) is 21.2. The van der Waals surface area contributed by atoms with E-state index in [1.807, 2.05) is 0 Å². The Morgan fingerprint density at radius 1 is 0.889 bits per heavy atom. The smallest absolute Gasteiger partial charge is 0.327 e. The van der Waals surface area contributed by atoms with Crippen molar-refractivity contribution >= 4 is 34.3 Å². The third-order valence-corrected chi connectivity index (χ3v) is 7.72. The number of nitrogens with one attached hydrogen (secondary N) is 4. The molecular weight excluding hydrogens is 600 g/mol. The number of aliphatic hydroxyl groups is 3. The molecule has 6 heterocycles. The summed E-state index contributed by atoms with van der Waals surface area (Å²) in [6.45, 7) is -0.581. The van der Waals surface area contributed by atoms with Gasteiger partial charge in [-0.2, -0.15) is 0 Å². The minimum Gasteiger partial charge on any atom is -0.394 e. The van der Waals surface area contributed by atoms with Crippen molar-refractivity contribution < 1.29 is 25.0 Å². The maximum absolute atomic E-state index is 13.4. The van der Waals surface area contributed by atoms with E-state index in [4.69, 9.17) is 4.74 Å². The number of non-ortho nitro benzene ring substituents is 1. The highest BCUT2D eigenvalue weighted by Gasteiger charge is 2.45. The van der Waals surface area contributed by atoms with Crippen LogP contribution in [0.1, 0.15) is 28.8 Å². The second-order valence-electron chi connectivity index (χ2n) is 10.2. The van der Waals surface area contributed by atoms with Crippen LogP contribution in [0, 0.1) is 10.1 Å². The number of rotatable bonds is 5. The van der Waals surface area contributed by atoms with Crippen LogP contribution in [0.4, 0.5) is 23.1 Å². The second kappa shape index (κ2) is 10.1. The van der Waals surface area contributed by atoms with Gasteiger partial charge in [0.05, 0.1) is 34.9 Å². The molecule has 0 amide bonds. The molecule has 4 atom stereocenters. The lowest BCUT2D eigenvalue weighted by atomic mass is 9.83. The number of nitrogens with zero attached hydrogens (tertiary/aromatic N) is 6. The van der Waals surface area contributed by atoms with E-state index < -0.39 is 64.5 Å². The predicted octanol–water partition coefficient (Wildman–Crippen LogP) is -1.94. The van der Waals surface area contributed by atoms with Crippen LogP contribution in [-0.2, 0) is 4.74 Å². The van der Waals surface area contributed by atoms with Crippen LogP contribution in [0.25, 0.3) is 11.2 Å². The molecule has 0 aliphatic carbocycles. The van der Waals surface area contributed by atoms with Crippen molar-refractivity contribution in [3.05, 3.63) is 105 Å². The molecule has 0 unspecified atom stereocenters. The zero-order chi connectivity index (χ0) is 31.7. The molecule has 20 nitrogen and oxygen atoms in total. The van der Waals surface area contributed by atoms with Crippen molar-refractivity contribution in [2.45, 2.75) is 30.5 Å². The number of ether oxygens (including phenoxy) is 1. The molecule has 230 valence electrons. The van der Waals surface area contributed by atoms with Crippen molar-refractivity contribution in [3.8, 4) is 0 Å². The standard InChI is InChI=1S/C25H20N10O10/c36-5-10-15(37)16(38)23(45-10)33-7-28-14-19(33)26-6-27-20(14)34-17-12(21(39)31-24(41)29-17)11(8-1-3-9(4-2-8)35(43)44)13-18(34)30-25(42)32-22(13)40/h1-4,6-7,10-11,15-16,23,36-38H,5H2,(H2,29,31,39,41)(H2,30,32,40,42)/t10-,15-,16-,23-/m1/s1. The van der Waals surface area contributed by atoms with Crippen molar-refractivity contribution in [2.75, 3.05) is 11.5 Å². The molecule has 45 heavy (non-hydrogen) atoms. The lowest BCUT2D eigenvalue weighted by molar-refractivity contribution is -0.384. The Labute approximate surface area is 246 Å². The van der Waals surface area contributed by atoms with Gasteiger partial charge in [-0.15, -0.1) is 0 Å². The fourth-order valence-electron chi connectivity index (χ4n) is 5.75. The summed E-state index contributed by atoms with van der Waals surface area (Å²) in [7, 11) is 0. The monoisotopic (exact) mass is 620 g/mol. The van der Waals surface area contributed by atoms with Gasteiger partial charge in [0.1, 0.15) is 36.3 Å². The molecule has 1 saturated heterocycles. The van der Waals surface area contributed by atoms with Gasteiger partial charge in [-0.05, 0) is 5.56 Å². The molecule has 7 N–H and O–H groups in total. The molecule has 2 aliphatic heterocycles. The molecule has 1 fully saturated rings. The van der Waals surface area contributed by atoms with E-state index >= 15 is 0 Å². The third kappa shape index (κ3) is 4.19. The first-order valence-corrected chi connectivity index (χ1v) is 13.2. The van der Waals surface area contributed by atoms with E-state index in [9.17, 15) is 44.6 Å². The lowest BCUT2D eigenvalue weighted by Gasteiger charge is -2.34. The minimum atomic E-state index is -1.48. The van der Waals surface area contributed by atoms with E-state index in [2.05, 4.69) is 34.9 Å². The number of nitro benzene ring substituents is 1. The molecule has 0 saturated carbocycles. The Balaban J connectivity index is 1.49. The van der Waals surface area contributed by atoms with Gasteiger partial charge in [0.15, 0.2) is 23.2 Å². The summed E-state index contributed by atoms with van der Waals surface area (Å²) in [6.07, 6.45) is -2.95. The first kappa shape index (κ1) is 28.0. The van der Waals surface area contributed by atoms with E-state index in [0.29, 0.717) is 0 Å². The lowest BCUT2D eigenvalue weighted by Crippen LogP contribution is -2.40. The third-order valence-electron chi connectivity index (χ3n) is 7.72. The summed E-state index contributed by atoms with van der Waals surface area (Å²) in [5, 5.41) is 41.6. The van der Waals surface area contributed by atoms with Crippen LogP contribution in [0.3, 0.4) is 0 Å². The van der Waals surface area contributed by atoms with Crippen molar-refractivity contribution in [3.63, 3.8) is 0 Å². The first-order chi connectivity index (χ1) is 21.6. The van der Waals surface area contributed by atoms with Gasteiger partial charge in [0.25, 0.3) is 16.8 Å². The van der Waals surface area contributed by atoms with Crippen LogP contribution in [0.5, 0.6) is 0 Å². The molecule has 2 aliphatic rings. The molecule has 1 aromatic carbocycles. The number of aromatic amines is 4. The fourth-order valence-corrected chi connectivity index (χ4v) is 5.75. The molecule has 0 radical (unpaired) electrons. The molecule has 0 bridgehead atoms. The zero-order valence-electron chi connectivity index (χ0n) is 22.4. The van der Waals surface area contributed by atoms with E-state index in [1.165, 1.54) is 35.2 Å². The Morgan fingerprint density at radius 2 is 1.51 bits per heavy atom. The number of anilines is 3. The topological polar surface area (TPSA) is 291 Å². The first-order valence-electron chi connectivity index (χ1n) is 13.2. The molecule has 5 aromatic rings. The summed E-state index contributed by atoms with van der Waals surface area (Å²) >= 11 is 0. The van der Waals surface area contributed by atoms with Gasteiger partial charge < -0.3 is 20.1 Å². The van der Waals surface area contributed by atoms with Gasteiger partial charge in [-0.1, -0.05) is 12.1 Å². The summed E-state index contributed by atoms with van der Waals surface area (Å²) < 4.78 is 6.88. The molecule has 4 aromatic heterocycles. The van der Waals surface area contributed by atoms with Gasteiger partial charge >= 0.3 is 11.4 Å². The maximum Gasteiger partial charge on any atom is 0.327 e. The Bertz CT molecular complexity index is 2160. The second-order valence-corrected chi connectivity index (χ2v) is 10.2. The van der Waals surface area contributed by atoms with Crippen LogP contribution in [0.15, 0.2) is 56.1 Å². The van der Waals surface area contributed by atoms with E-state index in [0.717, 1.165) is 11.2 Å². The number of hydrogen-bond donors (Lipinski definition) is 7. The number of aliphatic hydroxyl groups excluding tert-OH is 3. The van der Waals surface area contributed by atoms with Crippen LogP contribution in [0.2, 0.25) is 0 Å². The van der Waals surface area contributed by atoms with Crippen LogP contribution in [-0.4, -0.2) is 84.6 Å². The Morgan fingerprint density at radius 3 is 2.07 bits per heavy atom. The molecule has 20 heteroatoms. The number of benzene rings is 1. The quantitative estimate of drug-likeness (QED) is 0.0815. The van der Waals surface area contributed by atoms with Gasteiger partial charge in [0.2, 0.25) is 0 Å². The largest absolute Gasteiger partial charge is 0.394 e. The summed E-state index contributed by atoms with van der Waals surface area (Å²) in [5.74, 6) is -1.77. The summed E-state index contributed by atoms with van der Waals surface area (Å²) in [4.78, 5) is 86.1. The van der Waals surface area contributed by atoms with Crippen molar-refractivity contribution in [2.24, 2.45) is 0 Å². The van der Waals surface area contributed by atoms with E-state index in [1.54, 1.807) is 0 Å². The zero-order valence-corrected chi connectivity index (χ0v) is 22.4. The number of fused-ring (bicyclic) bond motifs is 3. The highest BCUT2D eigenvalue weighted by atomic mass is 16.6. The number of aromatic nitrogens is 8. The molecule has 0 spiro atoms. The summed E-state index contributed by atoms with van der Waals surface area (Å²) in [5.41, 5.74) is -3.99. The number of imidazole rings is 1. The number of hydrogen-bond acceptors (Lipinski definition) is 14. The highest BCUT2D eigenvalue weighted by Crippen LogP contribution is 2.47.